The van der Waals surface area contributed by atoms with Gasteiger partial charge >= 0.3 is 5.97 Å². The number of fused-ring (bicyclic) bond motifs is 1. The first-order valence-electron chi connectivity index (χ1n) is 16.6. The van der Waals surface area contributed by atoms with Crippen LogP contribution in [0.3, 0.4) is 0 Å². The molecule has 3 aliphatic rings. The Bertz CT molecular complexity index is 1750. The van der Waals surface area contributed by atoms with Crippen LogP contribution >= 0.6 is 0 Å². The van der Waals surface area contributed by atoms with E-state index < -0.39 is 0 Å². The number of hydrogen-bond acceptors (Lipinski definition) is 5. The van der Waals surface area contributed by atoms with Gasteiger partial charge in [-0.1, -0.05) is 49.9 Å². The summed E-state index contributed by atoms with van der Waals surface area (Å²) < 4.78 is 6.92. The van der Waals surface area contributed by atoms with E-state index in [1.807, 2.05) is 19.1 Å². The smallest absolute Gasteiger partial charge is 0.341 e. The van der Waals surface area contributed by atoms with Gasteiger partial charge in [0, 0.05) is 24.6 Å². The fourth-order valence-electron chi connectivity index (χ4n) is 7.44. The van der Waals surface area contributed by atoms with Gasteiger partial charge < -0.3 is 9.64 Å². The second-order valence-electron chi connectivity index (χ2n) is 13.0. The molecule has 7 rings (SSSR count). The van der Waals surface area contributed by atoms with E-state index >= 15 is 0 Å². The van der Waals surface area contributed by atoms with Crippen LogP contribution in [-0.4, -0.2) is 51.2 Å². The summed E-state index contributed by atoms with van der Waals surface area (Å²) in [7, 11) is 0. The number of piperidine rings is 1. The average Bonchev–Trinajstić information content (AvgIpc) is 3.72. The van der Waals surface area contributed by atoms with E-state index in [2.05, 4.69) is 59.4 Å². The van der Waals surface area contributed by atoms with Crippen LogP contribution in [0, 0.1) is 19.8 Å². The van der Waals surface area contributed by atoms with Gasteiger partial charge in [-0.25, -0.2) is 14.5 Å². The van der Waals surface area contributed by atoms with Gasteiger partial charge in [-0.3, -0.25) is 4.79 Å². The molecule has 240 valence electrons. The third kappa shape index (κ3) is 6.12. The van der Waals surface area contributed by atoms with E-state index in [0.29, 0.717) is 47.3 Å². The first-order valence-corrected chi connectivity index (χ1v) is 16.6. The van der Waals surface area contributed by atoms with Crippen LogP contribution in [0.1, 0.15) is 102 Å². The zero-order valence-electron chi connectivity index (χ0n) is 26.6. The number of likely N-dealkylation sites (tertiary alicyclic amines) is 1. The first-order chi connectivity index (χ1) is 21.9. The number of aromatic nitrogens is 3. The SMILES string of the molecule is C.CCOC(=O)c1cnn(-c2cccc(-c3cccc4c3C(Cc3ccc(C5CCN(C(=O)C6CC6)CC5)cc3C)CC4)n2)c1C. The Balaban J connectivity index is 0.00000372. The molecule has 1 saturated heterocycles. The number of ether oxygens (including phenoxy) is 1. The van der Waals surface area contributed by atoms with Crippen LogP contribution in [0.15, 0.2) is 60.8 Å². The Morgan fingerprint density at radius 2 is 1.74 bits per heavy atom. The molecule has 1 amide bonds. The van der Waals surface area contributed by atoms with Gasteiger partial charge in [0.25, 0.3) is 0 Å². The molecule has 2 aromatic carbocycles. The molecule has 2 aliphatic carbocycles. The van der Waals surface area contributed by atoms with Crippen molar-refractivity contribution in [1.82, 2.24) is 19.7 Å². The van der Waals surface area contributed by atoms with E-state index in [9.17, 15) is 9.59 Å². The number of pyridine rings is 1. The van der Waals surface area contributed by atoms with Crippen molar-refractivity contribution >= 4 is 11.9 Å². The van der Waals surface area contributed by atoms with Crippen LogP contribution in [0.2, 0.25) is 0 Å². The lowest BCUT2D eigenvalue weighted by molar-refractivity contribution is -0.133. The van der Waals surface area contributed by atoms with Gasteiger partial charge in [0.15, 0.2) is 5.82 Å². The maximum absolute atomic E-state index is 12.5. The van der Waals surface area contributed by atoms with Gasteiger partial charge in [0.2, 0.25) is 5.91 Å². The fraction of sp³-hybridized carbons (Fsp3) is 0.436. The lowest BCUT2D eigenvalue weighted by Gasteiger charge is -2.32. The maximum Gasteiger partial charge on any atom is 0.341 e. The molecule has 46 heavy (non-hydrogen) atoms. The van der Waals surface area contributed by atoms with Crippen LogP contribution in [0.25, 0.3) is 17.1 Å². The topological polar surface area (TPSA) is 77.3 Å². The monoisotopic (exact) mass is 618 g/mol. The van der Waals surface area contributed by atoms with Crippen molar-refractivity contribution in [3.8, 4) is 17.1 Å². The second kappa shape index (κ2) is 13.2. The average molecular weight is 619 g/mol. The molecule has 3 heterocycles. The zero-order valence-corrected chi connectivity index (χ0v) is 26.6. The van der Waals surface area contributed by atoms with Crippen molar-refractivity contribution in [3.63, 3.8) is 0 Å². The predicted octanol–water partition coefficient (Wildman–Crippen LogP) is 7.75. The third-order valence-corrected chi connectivity index (χ3v) is 10.1. The van der Waals surface area contributed by atoms with Crippen LogP contribution in [0.5, 0.6) is 0 Å². The first kappa shape index (κ1) is 31.7. The maximum atomic E-state index is 12.5. The lowest BCUT2D eigenvalue weighted by atomic mass is 9.84. The minimum Gasteiger partial charge on any atom is -0.462 e. The number of aryl methyl sites for hydroxylation is 2. The zero-order chi connectivity index (χ0) is 31.1. The summed E-state index contributed by atoms with van der Waals surface area (Å²) in [5.74, 6) is 1.97. The number of carbonyl (C=O) groups excluding carboxylic acids is 2. The normalized spacial score (nSPS) is 17.8. The van der Waals surface area contributed by atoms with E-state index in [1.54, 1.807) is 17.8 Å². The van der Waals surface area contributed by atoms with E-state index in [1.165, 1.54) is 33.4 Å². The van der Waals surface area contributed by atoms with Crippen molar-refractivity contribution in [1.29, 1.82) is 0 Å². The molecule has 4 aromatic rings. The Morgan fingerprint density at radius 3 is 2.48 bits per heavy atom. The molecular formula is C39H46N4O3. The standard InChI is InChI=1S/C38H42N4O3.CH4/c1-4-45-38(44)33-23-39-42(25(33)3)35-10-6-9-34(40-35)32-8-5-7-27-11-16-31(36(27)32)22-29-14-15-30(21-24(29)2)26-17-19-41(20-18-26)37(43)28-12-13-28;/h5-10,14-15,21,23,26,28,31H,4,11-13,16-20,22H2,1-3H3;1H4. The Morgan fingerprint density at radius 1 is 0.957 bits per heavy atom. The van der Waals surface area contributed by atoms with Crippen molar-refractivity contribution in [2.45, 2.75) is 85.0 Å². The number of nitrogens with zero attached hydrogens (tertiary/aromatic N) is 4. The third-order valence-electron chi connectivity index (χ3n) is 10.1. The second-order valence-corrected chi connectivity index (χ2v) is 13.0. The summed E-state index contributed by atoms with van der Waals surface area (Å²) in [5, 5.41) is 4.47. The predicted molar refractivity (Wildman–Crippen MR) is 181 cm³/mol. The van der Waals surface area contributed by atoms with E-state index in [4.69, 9.17) is 9.72 Å². The summed E-state index contributed by atoms with van der Waals surface area (Å²) in [4.78, 5) is 32.0. The molecular weight excluding hydrogens is 572 g/mol. The highest BCUT2D eigenvalue weighted by Gasteiger charge is 2.35. The highest BCUT2D eigenvalue weighted by atomic mass is 16.5. The number of benzene rings is 2. The Labute approximate surface area is 273 Å². The summed E-state index contributed by atoms with van der Waals surface area (Å²) in [5.41, 5.74) is 10.3. The van der Waals surface area contributed by atoms with Gasteiger partial charge in [-0.15, -0.1) is 0 Å². The number of amides is 1. The molecule has 1 atom stereocenters. The molecule has 1 aliphatic heterocycles. The van der Waals surface area contributed by atoms with Crippen LogP contribution in [0.4, 0.5) is 0 Å². The van der Waals surface area contributed by atoms with Crippen LogP contribution in [-0.2, 0) is 22.4 Å². The van der Waals surface area contributed by atoms with Gasteiger partial charge in [0.1, 0.15) is 5.56 Å². The molecule has 7 nitrogen and oxygen atoms in total. The highest BCUT2D eigenvalue weighted by Crippen LogP contribution is 2.42. The number of carbonyl (C=O) groups is 2. The van der Waals surface area contributed by atoms with Gasteiger partial charge in [-0.05, 0) is 118 Å². The molecule has 7 heteroatoms. The van der Waals surface area contributed by atoms with Gasteiger partial charge in [-0.2, -0.15) is 5.10 Å². The van der Waals surface area contributed by atoms with Crippen LogP contribution < -0.4 is 0 Å². The largest absolute Gasteiger partial charge is 0.462 e. The molecule has 0 radical (unpaired) electrons. The summed E-state index contributed by atoms with van der Waals surface area (Å²) >= 11 is 0. The van der Waals surface area contributed by atoms with E-state index in [0.717, 1.165) is 63.7 Å². The lowest BCUT2D eigenvalue weighted by Crippen LogP contribution is -2.38. The number of esters is 1. The van der Waals surface area contributed by atoms with Crippen molar-refractivity contribution in [3.05, 3.63) is 99.9 Å². The van der Waals surface area contributed by atoms with Gasteiger partial charge in [0.05, 0.1) is 24.2 Å². The summed E-state index contributed by atoms with van der Waals surface area (Å²) in [6.07, 6.45) is 9.05. The summed E-state index contributed by atoms with van der Waals surface area (Å²) in [6.45, 7) is 8.04. The number of hydrogen-bond donors (Lipinski definition) is 0. The Hall–Kier alpha value is -4.26. The summed E-state index contributed by atoms with van der Waals surface area (Å²) in [6, 6.07) is 19.7. The van der Waals surface area contributed by atoms with Crippen molar-refractivity contribution in [2.24, 2.45) is 5.92 Å². The number of rotatable bonds is 8. The molecule has 2 aromatic heterocycles. The molecule has 1 saturated carbocycles. The quantitative estimate of drug-likeness (QED) is 0.189. The minimum absolute atomic E-state index is 0. The molecule has 0 spiro atoms. The molecule has 2 fully saturated rings. The fourth-order valence-corrected chi connectivity index (χ4v) is 7.44. The minimum atomic E-state index is -0.366. The van der Waals surface area contributed by atoms with E-state index in [-0.39, 0.29) is 13.4 Å². The molecule has 0 bridgehead atoms. The highest BCUT2D eigenvalue weighted by molar-refractivity contribution is 5.90. The van der Waals surface area contributed by atoms with Crippen molar-refractivity contribution in [2.75, 3.05) is 19.7 Å². The molecule has 0 N–H and O–H groups in total. The Kier molecular flexibility index (Phi) is 9.12. The van der Waals surface area contributed by atoms with Crippen molar-refractivity contribution < 1.29 is 14.3 Å². The molecule has 1 unspecified atom stereocenters.